The van der Waals surface area contributed by atoms with Gasteiger partial charge in [-0.05, 0) is 36.8 Å². The van der Waals surface area contributed by atoms with Gasteiger partial charge in [0.1, 0.15) is 16.5 Å². The molecule has 0 atom stereocenters. The van der Waals surface area contributed by atoms with Crippen LogP contribution in [-0.4, -0.2) is 35.0 Å². The molecular weight excluding hydrogens is 414 g/mol. The Morgan fingerprint density at radius 3 is 2.77 bits per heavy atom. The van der Waals surface area contributed by atoms with Crippen LogP contribution < -0.4 is 14.8 Å². The van der Waals surface area contributed by atoms with E-state index in [1.807, 2.05) is 25.1 Å². The van der Waals surface area contributed by atoms with Crippen LogP contribution in [0.2, 0.25) is 0 Å². The Kier molecular flexibility index (Phi) is 7.72. The molecular formula is C23H25N3O4S. The van der Waals surface area contributed by atoms with E-state index in [1.165, 1.54) is 18.0 Å². The van der Waals surface area contributed by atoms with Gasteiger partial charge in [-0.2, -0.15) is 4.73 Å². The Labute approximate surface area is 185 Å². The van der Waals surface area contributed by atoms with Gasteiger partial charge in [-0.25, -0.2) is 9.98 Å². The van der Waals surface area contributed by atoms with Crippen LogP contribution in [0.5, 0.6) is 11.5 Å². The standard InChI is InChI=1S/C23H25N3O4S/c1-4-6-18-13-17(10-12-26(18)28)25-22(27)20-7-5-11-24-23(20)31-15-16-8-9-19(29-2)14-21(16)30-3/h5,7-14,28H,4,6,15H2,1-3H3. The Hall–Kier alpha value is -3.26. The molecule has 8 heteroatoms. The minimum Gasteiger partial charge on any atom is -0.497 e. The molecule has 2 heterocycles. The second-order valence-electron chi connectivity index (χ2n) is 6.71. The normalized spacial score (nSPS) is 11.4. The molecule has 0 spiro atoms. The molecule has 2 aromatic heterocycles. The van der Waals surface area contributed by atoms with E-state index in [0.717, 1.165) is 16.7 Å². The molecule has 0 fully saturated rings. The van der Waals surface area contributed by atoms with Crippen LogP contribution >= 0.6 is 11.8 Å². The van der Waals surface area contributed by atoms with Crippen LogP contribution in [0.25, 0.3) is 0 Å². The van der Waals surface area contributed by atoms with Crippen molar-refractivity contribution in [1.82, 2.24) is 9.71 Å². The highest BCUT2D eigenvalue weighted by Gasteiger charge is 2.14. The Balaban J connectivity index is 1.84. The Morgan fingerprint density at radius 1 is 1.19 bits per heavy atom. The van der Waals surface area contributed by atoms with Crippen molar-refractivity contribution in [3.63, 3.8) is 0 Å². The minimum atomic E-state index is -0.379. The molecule has 0 aliphatic carbocycles. The van der Waals surface area contributed by atoms with E-state index in [0.29, 0.717) is 45.3 Å². The van der Waals surface area contributed by atoms with Gasteiger partial charge in [0.2, 0.25) is 0 Å². The lowest BCUT2D eigenvalue weighted by Crippen LogP contribution is -2.13. The molecule has 31 heavy (non-hydrogen) atoms. The number of benzene rings is 1. The lowest BCUT2D eigenvalue weighted by atomic mass is 10.2. The van der Waals surface area contributed by atoms with Crippen molar-refractivity contribution in [1.29, 1.82) is 0 Å². The van der Waals surface area contributed by atoms with Gasteiger partial charge in [-0.3, -0.25) is 4.79 Å². The highest BCUT2D eigenvalue weighted by molar-refractivity contribution is 7.98. The van der Waals surface area contributed by atoms with Crippen LogP contribution in [0.3, 0.4) is 0 Å². The Morgan fingerprint density at radius 2 is 2.03 bits per heavy atom. The van der Waals surface area contributed by atoms with E-state index >= 15 is 0 Å². The third-order valence-electron chi connectivity index (χ3n) is 4.59. The molecule has 1 aromatic carbocycles. The SMILES string of the molecule is CCCc1cc(=NC(=O)c2cccnc2SCc2ccc(OC)cc2OC)ccn1O. The number of pyridine rings is 2. The largest absolute Gasteiger partial charge is 0.497 e. The van der Waals surface area contributed by atoms with Crippen LogP contribution in [0.4, 0.5) is 0 Å². The number of methoxy groups -OCH3 is 2. The number of aromatic nitrogens is 2. The Bertz CT molecular complexity index is 1130. The van der Waals surface area contributed by atoms with E-state index in [2.05, 4.69) is 9.98 Å². The van der Waals surface area contributed by atoms with E-state index in [1.54, 1.807) is 44.7 Å². The molecule has 1 N–H and O–H groups in total. The third-order valence-corrected chi connectivity index (χ3v) is 5.65. The number of carbonyl (C=O) groups excluding carboxylic acids is 1. The van der Waals surface area contributed by atoms with E-state index in [4.69, 9.17) is 9.47 Å². The highest BCUT2D eigenvalue weighted by Crippen LogP contribution is 2.31. The summed E-state index contributed by atoms with van der Waals surface area (Å²) in [6.45, 7) is 2.02. The van der Waals surface area contributed by atoms with Gasteiger partial charge >= 0.3 is 0 Å². The maximum atomic E-state index is 12.9. The molecule has 1 amide bonds. The minimum absolute atomic E-state index is 0.379. The molecule has 0 radical (unpaired) electrons. The fourth-order valence-electron chi connectivity index (χ4n) is 3.00. The number of carbonyl (C=O) groups is 1. The molecule has 7 nitrogen and oxygen atoms in total. The highest BCUT2D eigenvalue weighted by atomic mass is 32.2. The summed E-state index contributed by atoms with van der Waals surface area (Å²) in [4.78, 5) is 21.5. The van der Waals surface area contributed by atoms with Crippen molar-refractivity contribution in [2.45, 2.75) is 30.5 Å². The summed E-state index contributed by atoms with van der Waals surface area (Å²) < 4.78 is 11.7. The van der Waals surface area contributed by atoms with Gasteiger partial charge in [-0.15, -0.1) is 11.8 Å². The molecule has 162 valence electrons. The third kappa shape index (κ3) is 5.67. The number of amides is 1. The van der Waals surface area contributed by atoms with Crippen molar-refractivity contribution in [2.24, 2.45) is 4.99 Å². The van der Waals surface area contributed by atoms with Crippen LogP contribution in [-0.2, 0) is 12.2 Å². The van der Waals surface area contributed by atoms with Gasteiger partial charge in [0.15, 0.2) is 0 Å². The van der Waals surface area contributed by atoms with Gasteiger partial charge in [0.05, 0.1) is 30.8 Å². The predicted octanol–water partition coefficient (Wildman–Crippen LogP) is 4.12. The number of hydrogen-bond donors (Lipinski definition) is 1. The van der Waals surface area contributed by atoms with Gasteiger partial charge < -0.3 is 14.7 Å². The quantitative estimate of drug-likeness (QED) is 0.420. The summed E-state index contributed by atoms with van der Waals surface area (Å²) in [5.74, 6) is 1.62. The van der Waals surface area contributed by atoms with E-state index in [9.17, 15) is 10.0 Å². The number of nitrogens with zero attached hydrogens (tertiary/aromatic N) is 3. The molecule has 0 aliphatic rings. The first-order valence-electron chi connectivity index (χ1n) is 9.84. The van der Waals surface area contributed by atoms with Crippen molar-refractivity contribution in [2.75, 3.05) is 14.2 Å². The number of aryl methyl sites for hydroxylation is 1. The first-order valence-corrected chi connectivity index (χ1v) is 10.8. The second kappa shape index (κ2) is 10.7. The summed E-state index contributed by atoms with van der Waals surface area (Å²) in [7, 11) is 3.22. The van der Waals surface area contributed by atoms with Crippen LogP contribution in [0.1, 0.15) is 35.0 Å². The maximum absolute atomic E-state index is 12.9. The lowest BCUT2D eigenvalue weighted by Gasteiger charge is -2.11. The van der Waals surface area contributed by atoms with Crippen LogP contribution in [0.15, 0.2) is 64.9 Å². The lowest BCUT2D eigenvalue weighted by molar-refractivity contribution is 0.0994. The maximum Gasteiger partial charge on any atom is 0.280 e. The van der Waals surface area contributed by atoms with Crippen molar-refractivity contribution >= 4 is 17.7 Å². The number of hydrogen-bond acceptors (Lipinski definition) is 6. The summed E-state index contributed by atoms with van der Waals surface area (Å²) in [6, 6.07) is 12.4. The second-order valence-corrected chi connectivity index (χ2v) is 7.67. The average Bonchev–Trinajstić information content (AvgIpc) is 2.80. The monoisotopic (exact) mass is 439 g/mol. The van der Waals surface area contributed by atoms with Gasteiger partial charge in [0, 0.05) is 29.8 Å². The zero-order chi connectivity index (χ0) is 22.2. The number of thioether (sulfide) groups is 1. The fourth-order valence-corrected chi connectivity index (χ4v) is 3.98. The number of ether oxygens (including phenoxy) is 2. The van der Waals surface area contributed by atoms with Gasteiger partial charge in [-0.1, -0.05) is 19.4 Å². The summed E-state index contributed by atoms with van der Waals surface area (Å²) in [5, 5.41) is 11.0. The molecule has 3 aromatic rings. The van der Waals surface area contributed by atoms with Crippen LogP contribution in [0, 0.1) is 0 Å². The van der Waals surface area contributed by atoms with Crippen molar-refractivity contribution in [3.05, 3.63) is 77.0 Å². The number of rotatable bonds is 8. The molecule has 0 aliphatic heterocycles. The fraction of sp³-hybridized carbons (Fsp3) is 0.261. The first kappa shape index (κ1) is 22.4. The smallest absolute Gasteiger partial charge is 0.280 e. The zero-order valence-corrected chi connectivity index (χ0v) is 18.6. The molecule has 0 bridgehead atoms. The topological polar surface area (TPSA) is 85.9 Å². The molecule has 0 saturated heterocycles. The van der Waals surface area contributed by atoms with Gasteiger partial charge in [0.25, 0.3) is 5.91 Å². The summed E-state index contributed by atoms with van der Waals surface area (Å²) in [5.41, 5.74) is 2.09. The summed E-state index contributed by atoms with van der Waals surface area (Å²) in [6.07, 6.45) is 4.70. The molecule has 0 unspecified atom stereocenters. The van der Waals surface area contributed by atoms with Crippen molar-refractivity contribution in [3.8, 4) is 11.5 Å². The average molecular weight is 440 g/mol. The summed E-state index contributed by atoms with van der Waals surface area (Å²) >= 11 is 1.44. The van der Waals surface area contributed by atoms with E-state index in [-0.39, 0.29) is 5.91 Å². The molecule has 0 saturated carbocycles. The van der Waals surface area contributed by atoms with E-state index < -0.39 is 0 Å². The molecule has 3 rings (SSSR count). The predicted molar refractivity (Wildman–Crippen MR) is 119 cm³/mol. The zero-order valence-electron chi connectivity index (χ0n) is 17.7. The van der Waals surface area contributed by atoms with Crippen molar-refractivity contribution < 1.29 is 19.5 Å². The first-order chi connectivity index (χ1) is 15.0.